The summed E-state index contributed by atoms with van der Waals surface area (Å²) in [5.41, 5.74) is 3.53. The average molecular weight is 230 g/mol. The lowest BCUT2D eigenvalue weighted by atomic mass is 9.64. The molecule has 3 unspecified atom stereocenters. The Hall–Kier alpha value is -0.980. The molecule has 0 bridgehead atoms. The Balaban J connectivity index is 2.04. The molecule has 92 valence electrons. The topological polar surface area (TPSA) is 9.23 Å². The van der Waals surface area contributed by atoms with Crippen molar-refractivity contribution in [3.8, 4) is 5.75 Å². The lowest BCUT2D eigenvalue weighted by Gasteiger charge is -2.41. The second kappa shape index (κ2) is 3.76. The zero-order valence-corrected chi connectivity index (χ0v) is 11.1. The van der Waals surface area contributed by atoms with E-state index in [0.717, 1.165) is 17.6 Å². The van der Waals surface area contributed by atoms with Gasteiger partial charge in [-0.25, -0.2) is 0 Å². The van der Waals surface area contributed by atoms with E-state index in [0.29, 0.717) is 5.41 Å². The maximum atomic E-state index is 5.52. The maximum Gasteiger partial charge on any atom is 0.122 e. The van der Waals surface area contributed by atoms with Crippen LogP contribution < -0.4 is 4.74 Å². The molecule has 17 heavy (non-hydrogen) atoms. The molecule has 0 saturated heterocycles. The van der Waals surface area contributed by atoms with Crippen LogP contribution in [0, 0.1) is 17.3 Å². The van der Waals surface area contributed by atoms with Gasteiger partial charge in [0.2, 0.25) is 0 Å². The van der Waals surface area contributed by atoms with Gasteiger partial charge >= 0.3 is 0 Å². The van der Waals surface area contributed by atoms with Crippen LogP contribution in [-0.2, 0) is 12.8 Å². The van der Waals surface area contributed by atoms with Gasteiger partial charge in [0.25, 0.3) is 0 Å². The van der Waals surface area contributed by atoms with E-state index in [9.17, 15) is 0 Å². The summed E-state index contributed by atoms with van der Waals surface area (Å²) in [5, 5.41) is 0. The second-order valence-electron chi connectivity index (χ2n) is 6.16. The fourth-order valence-electron chi connectivity index (χ4n) is 4.02. The van der Waals surface area contributed by atoms with Gasteiger partial charge in [-0.1, -0.05) is 26.0 Å². The highest BCUT2D eigenvalue weighted by Gasteiger charge is 2.47. The molecule has 2 aliphatic rings. The largest absolute Gasteiger partial charge is 0.496 e. The Morgan fingerprint density at radius 3 is 2.88 bits per heavy atom. The van der Waals surface area contributed by atoms with Crippen LogP contribution in [-0.4, -0.2) is 7.11 Å². The van der Waals surface area contributed by atoms with Crippen molar-refractivity contribution in [2.75, 3.05) is 7.11 Å². The van der Waals surface area contributed by atoms with E-state index >= 15 is 0 Å². The zero-order chi connectivity index (χ0) is 12.0. The third-order valence-electron chi connectivity index (χ3n) is 5.48. The highest BCUT2D eigenvalue weighted by atomic mass is 16.5. The average Bonchev–Trinajstić information content (AvgIpc) is 2.62. The van der Waals surface area contributed by atoms with Gasteiger partial charge in [-0.05, 0) is 60.1 Å². The molecule has 1 heteroatoms. The molecule has 1 fully saturated rings. The highest BCUT2D eigenvalue weighted by molar-refractivity contribution is 5.43. The van der Waals surface area contributed by atoms with Crippen molar-refractivity contribution in [2.24, 2.45) is 17.3 Å². The number of rotatable bonds is 1. The van der Waals surface area contributed by atoms with Crippen molar-refractivity contribution in [3.63, 3.8) is 0 Å². The molecule has 0 radical (unpaired) electrons. The minimum atomic E-state index is 0.527. The van der Waals surface area contributed by atoms with E-state index in [1.807, 2.05) is 0 Å². The molecule has 0 heterocycles. The smallest absolute Gasteiger partial charge is 0.122 e. The Morgan fingerprint density at radius 2 is 2.12 bits per heavy atom. The number of methoxy groups -OCH3 is 1. The van der Waals surface area contributed by atoms with Gasteiger partial charge in [-0.3, -0.25) is 0 Å². The van der Waals surface area contributed by atoms with Crippen LogP contribution in [0.2, 0.25) is 0 Å². The SMILES string of the molecule is COc1cccc2c1CC1CCC(C)C1(C)C2. The van der Waals surface area contributed by atoms with Crippen LogP contribution in [0.1, 0.15) is 37.8 Å². The maximum absolute atomic E-state index is 5.52. The summed E-state index contributed by atoms with van der Waals surface area (Å²) in [6, 6.07) is 6.55. The quantitative estimate of drug-likeness (QED) is 0.712. The van der Waals surface area contributed by atoms with E-state index in [-0.39, 0.29) is 0 Å². The van der Waals surface area contributed by atoms with Gasteiger partial charge in [-0.2, -0.15) is 0 Å². The Kier molecular flexibility index (Phi) is 2.46. The van der Waals surface area contributed by atoms with Crippen molar-refractivity contribution in [1.29, 1.82) is 0 Å². The number of fused-ring (bicyclic) bond motifs is 2. The van der Waals surface area contributed by atoms with Gasteiger partial charge < -0.3 is 4.74 Å². The standard InChI is InChI=1S/C16H22O/c1-11-7-8-13-9-14-12(10-16(11,13)2)5-4-6-15(14)17-3/h4-6,11,13H,7-10H2,1-3H3. The van der Waals surface area contributed by atoms with Crippen LogP contribution in [0.3, 0.4) is 0 Å². The van der Waals surface area contributed by atoms with E-state index in [2.05, 4.69) is 32.0 Å². The molecule has 1 aromatic rings. The molecule has 0 N–H and O–H groups in total. The summed E-state index contributed by atoms with van der Waals surface area (Å²) in [7, 11) is 1.79. The van der Waals surface area contributed by atoms with Crippen molar-refractivity contribution < 1.29 is 4.74 Å². The van der Waals surface area contributed by atoms with Gasteiger partial charge in [0.05, 0.1) is 7.11 Å². The lowest BCUT2D eigenvalue weighted by Crippen LogP contribution is -2.35. The molecular weight excluding hydrogens is 208 g/mol. The van der Waals surface area contributed by atoms with Gasteiger partial charge in [0.1, 0.15) is 5.75 Å². The first-order chi connectivity index (χ1) is 8.15. The zero-order valence-electron chi connectivity index (χ0n) is 11.1. The number of hydrogen-bond donors (Lipinski definition) is 0. The summed E-state index contributed by atoms with van der Waals surface area (Å²) in [6.45, 7) is 4.93. The van der Waals surface area contributed by atoms with Crippen molar-refractivity contribution in [1.82, 2.24) is 0 Å². The van der Waals surface area contributed by atoms with E-state index < -0.39 is 0 Å². The van der Waals surface area contributed by atoms with Crippen LogP contribution in [0.25, 0.3) is 0 Å². The molecule has 3 rings (SSSR count). The number of ether oxygens (including phenoxy) is 1. The van der Waals surface area contributed by atoms with Crippen LogP contribution in [0.15, 0.2) is 18.2 Å². The highest BCUT2D eigenvalue weighted by Crippen LogP contribution is 2.54. The third kappa shape index (κ3) is 1.51. The molecule has 0 spiro atoms. The summed E-state index contributed by atoms with van der Waals surface area (Å²) >= 11 is 0. The summed E-state index contributed by atoms with van der Waals surface area (Å²) in [5.74, 6) is 2.83. The molecule has 1 aromatic carbocycles. The lowest BCUT2D eigenvalue weighted by molar-refractivity contribution is 0.153. The van der Waals surface area contributed by atoms with Crippen molar-refractivity contribution in [2.45, 2.75) is 39.5 Å². The van der Waals surface area contributed by atoms with E-state index in [4.69, 9.17) is 4.74 Å². The Bertz CT molecular complexity index is 437. The van der Waals surface area contributed by atoms with Gasteiger partial charge in [0, 0.05) is 0 Å². The Labute approximate surface area is 104 Å². The molecule has 0 amide bonds. The minimum Gasteiger partial charge on any atom is -0.496 e. The Morgan fingerprint density at radius 1 is 1.29 bits per heavy atom. The monoisotopic (exact) mass is 230 g/mol. The number of benzene rings is 1. The van der Waals surface area contributed by atoms with Gasteiger partial charge in [0.15, 0.2) is 0 Å². The first-order valence-electron chi connectivity index (χ1n) is 6.80. The van der Waals surface area contributed by atoms with E-state index in [1.54, 1.807) is 7.11 Å². The van der Waals surface area contributed by atoms with Crippen molar-refractivity contribution >= 4 is 0 Å². The summed E-state index contributed by atoms with van der Waals surface area (Å²) in [4.78, 5) is 0. The fourth-order valence-corrected chi connectivity index (χ4v) is 4.02. The molecule has 0 aromatic heterocycles. The van der Waals surface area contributed by atoms with Crippen LogP contribution in [0.5, 0.6) is 5.75 Å². The number of hydrogen-bond acceptors (Lipinski definition) is 1. The third-order valence-corrected chi connectivity index (χ3v) is 5.48. The van der Waals surface area contributed by atoms with Crippen LogP contribution >= 0.6 is 0 Å². The van der Waals surface area contributed by atoms with Crippen LogP contribution in [0.4, 0.5) is 0 Å². The summed E-state index contributed by atoms with van der Waals surface area (Å²) < 4.78 is 5.52. The summed E-state index contributed by atoms with van der Waals surface area (Å²) in [6.07, 6.45) is 5.26. The normalized spacial score (nSPS) is 35.2. The molecule has 0 aliphatic heterocycles. The van der Waals surface area contributed by atoms with E-state index in [1.165, 1.54) is 36.8 Å². The molecule has 2 aliphatic carbocycles. The second-order valence-corrected chi connectivity index (χ2v) is 6.16. The minimum absolute atomic E-state index is 0.527. The van der Waals surface area contributed by atoms with Gasteiger partial charge in [-0.15, -0.1) is 0 Å². The predicted molar refractivity (Wildman–Crippen MR) is 70.4 cm³/mol. The molecule has 3 atom stereocenters. The predicted octanol–water partition coefficient (Wildman–Crippen LogP) is 3.85. The molecule has 1 nitrogen and oxygen atoms in total. The van der Waals surface area contributed by atoms with Crippen molar-refractivity contribution in [3.05, 3.63) is 29.3 Å². The fraction of sp³-hybridized carbons (Fsp3) is 0.625. The first kappa shape index (κ1) is 11.1. The first-order valence-corrected chi connectivity index (χ1v) is 6.80. The molecule has 1 saturated carbocycles. The molecular formula is C16H22O.